The highest BCUT2D eigenvalue weighted by atomic mass is 28.4. The number of hydrogen-bond donors (Lipinski definition) is 0. The van der Waals surface area contributed by atoms with Gasteiger partial charge in [0.15, 0.2) is 0 Å². The molecule has 2 aromatic rings. The molecule has 1 aromatic carbocycles. The second-order valence-electron chi connectivity index (χ2n) is 5.36. The number of nitrogens with zero attached hydrogens (tertiary/aromatic N) is 3. The van der Waals surface area contributed by atoms with Gasteiger partial charge in [0.05, 0.1) is 0 Å². The van der Waals surface area contributed by atoms with Gasteiger partial charge in [-0.15, -0.1) is 0 Å². The van der Waals surface area contributed by atoms with Crippen molar-refractivity contribution in [2.75, 3.05) is 0 Å². The molecule has 0 spiro atoms. The van der Waals surface area contributed by atoms with Gasteiger partial charge in [-0.3, -0.25) is 4.99 Å². The van der Waals surface area contributed by atoms with E-state index in [4.69, 9.17) is 4.43 Å². The summed E-state index contributed by atoms with van der Waals surface area (Å²) in [6, 6.07) is 9.65. The van der Waals surface area contributed by atoms with Crippen LogP contribution in [0.15, 0.2) is 47.7 Å². The van der Waals surface area contributed by atoms with E-state index < -0.39 is 8.32 Å². The van der Waals surface area contributed by atoms with Gasteiger partial charge < -0.3 is 4.43 Å². The molecule has 0 bridgehead atoms. The Hall–Kier alpha value is -2.01. The summed E-state index contributed by atoms with van der Waals surface area (Å²) in [7, 11) is -1.63. The van der Waals surface area contributed by atoms with E-state index in [1.807, 2.05) is 30.5 Å². The van der Waals surface area contributed by atoms with Crippen LogP contribution in [0.25, 0.3) is 0 Å². The average molecular weight is 285 g/mol. The van der Waals surface area contributed by atoms with Crippen LogP contribution in [0.3, 0.4) is 0 Å². The first-order valence-corrected chi connectivity index (χ1v) is 10.0. The van der Waals surface area contributed by atoms with E-state index in [9.17, 15) is 0 Å². The molecule has 0 fully saturated rings. The lowest BCUT2D eigenvalue weighted by atomic mass is 10.3. The van der Waals surface area contributed by atoms with E-state index in [2.05, 4.69) is 34.6 Å². The van der Waals surface area contributed by atoms with E-state index in [1.54, 1.807) is 18.5 Å². The quantitative estimate of drug-likeness (QED) is 0.622. The number of hydrogen-bond acceptors (Lipinski definition) is 4. The summed E-state index contributed by atoms with van der Waals surface area (Å²) >= 11 is 0. The van der Waals surface area contributed by atoms with Gasteiger partial charge in [0.25, 0.3) is 0 Å². The summed E-state index contributed by atoms with van der Waals surface area (Å²) < 4.78 is 6.03. The minimum Gasteiger partial charge on any atom is -0.543 e. The van der Waals surface area contributed by atoms with Gasteiger partial charge in [-0.1, -0.05) is 12.1 Å². The van der Waals surface area contributed by atoms with Crippen LogP contribution < -0.4 is 4.43 Å². The third-order valence-electron chi connectivity index (χ3n) is 2.40. The molecule has 0 atom stereocenters. The van der Waals surface area contributed by atoms with E-state index in [1.165, 1.54) is 0 Å². The lowest BCUT2D eigenvalue weighted by Gasteiger charge is -2.20. The lowest BCUT2D eigenvalue weighted by Crippen LogP contribution is -2.29. The molecule has 4 nitrogen and oxygen atoms in total. The van der Waals surface area contributed by atoms with Crippen LogP contribution in [0, 0.1) is 0 Å². The highest BCUT2D eigenvalue weighted by Crippen LogP contribution is 2.28. The van der Waals surface area contributed by atoms with Gasteiger partial charge in [-0.25, -0.2) is 9.97 Å². The Bertz CT molecular complexity index is 579. The smallest absolute Gasteiger partial charge is 0.242 e. The van der Waals surface area contributed by atoms with Crippen LogP contribution in [0.4, 0.5) is 5.69 Å². The minimum atomic E-state index is -1.63. The summed E-state index contributed by atoms with van der Waals surface area (Å²) in [5.74, 6) is 1.61. The summed E-state index contributed by atoms with van der Waals surface area (Å²) in [6.45, 7) is 6.47. The fraction of sp³-hybridized carbons (Fsp3) is 0.267. The third-order valence-corrected chi connectivity index (χ3v) is 3.24. The number of rotatable bonds is 5. The van der Waals surface area contributed by atoms with Crippen molar-refractivity contribution in [1.29, 1.82) is 0 Å². The molecule has 0 aliphatic heterocycles. The van der Waals surface area contributed by atoms with Crippen LogP contribution in [0.2, 0.25) is 19.6 Å². The molecule has 20 heavy (non-hydrogen) atoms. The van der Waals surface area contributed by atoms with Crippen molar-refractivity contribution < 1.29 is 4.43 Å². The van der Waals surface area contributed by atoms with Crippen molar-refractivity contribution in [2.45, 2.75) is 26.1 Å². The fourth-order valence-corrected chi connectivity index (χ4v) is 2.47. The zero-order chi connectivity index (χ0) is 14.4. The molecule has 1 heterocycles. The number of aliphatic imine (C=N–C) groups is 1. The fourth-order valence-electron chi connectivity index (χ4n) is 1.64. The molecule has 0 saturated carbocycles. The SMILES string of the molecule is C[Si](C)(C)Oc1ccccc1N=CCc1ncccn1. The van der Waals surface area contributed by atoms with Crippen LogP contribution >= 0.6 is 0 Å². The van der Waals surface area contributed by atoms with Crippen molar-refractivity contribution in [1.82, 2.24) is 9.97 Å². The molecule has 0 aliphatic carbocycles. The van der Waals surface area contributed by atoms with E-state index >= 15 is 0 Å². The summed E-state index contributed by atoms with van der Waals surface area (Å²) in [5.41, 5.74) is 0.853. The number of benzene rings is 1. The van der Waals surface area contributed by atoms with Crippen LogP contribution in [-0.4, -0.2) is 24.5 Å². The number of aromatic nitrogens is 2. The summed E-state index contributed by atoms with van der Waals surface area (Å²) in [5, 5.41) is 0. The van der Waals surface area contributed by atoms with E-state index in [0.717, 1.165) is 17.3 Å². The zero-order valence-electron chi connectivity index (χ0n) is 12.1. The van der Waals surface area contributed by atoms with Crippen LogP contribution in [0.5, 0.6) is 5.75 Å². The Labute approximate surface area is 120 Å². The first-order chi connectivity index (χ1) is 9.54. The molecule has 0 radical (unpaired) electrons. The Morgan fingerprint density at radius 3 is 2.50 bits per heavy atom. The summed E-state index contributed by atoms with van der Waals surface area (Å²) in [6.07, 6.45) is 5.90. The lowest BCUT2D eigenvalue weighted by molar-refractivity contribution is 0.559. The predicted octanol–water partition coefficient (Wildman–Crippen LogP) is 3.64. The molecule has 0 N–H and O–H groups in total. The van der Waals surface area contributed by atoms with Gasteiger partial charge in [-0.2, -0.15) is 0 Å². The van der Waals surface area contributed by atoms with Crippen molar-refractivity contribution in [3.63, 3.8) is 0 Å². The molecule has 104 valence electrons. The van der Waals surface area contributed by atoms with Crippen molar-refractivity contribution in [3.05, 3.63) is 48.5 Å². The molecule has 1 aromatic heterocycles. The van der Waals surface area contributed by atoms with Crippen molar-refractivity contribution in [3.8, 4) is 5.75 Å². The molecule has 0 amide bonds. The molecule has 0 unspecified atom stereocenters. The molecular formula is C15H19N3OSi. The van der Waals surface area contributed by atoms with Gasteiger partial charge in [-0.05, 0) is 37.8 Å². The molecular weight excluding hydrogens is 266 g/mol. The average Bonchev–Trinajstić information content (AvgIpc) is 2.40. The maximum absolute atomic E-state index is 6.03. The molecule has 2 rings (SSSR count). The van der Waals surface area contributed by atoms with Gasteiger partial charge >= 0.3 is 0 Å². The van der Waals surface area contributed by atoms with Gasteiger partial charge in [0.1, 0.15) is 17.3 Å². The van der Waals surface area contributed by atoms with Gasteiger partial charge in [0.2, 0.25) is 8.32 Å². The Morgan fingerprint density at radius 2 is 1.80 bits per heavy atom. The topological polar surface area (TPSA) is 47.4 Å². The summed E-state index contributed by atoms with van der Waals surface area (Å²) in [4.78, 5) is 12.8. The molecule has 0 aliphatic rings. The zero-order valence-corrected chi connectivity index (χ0v) is 13.1. The van der Waals surface area contributed by atoms with Crippen LogP contribution in [0.1, 0.15) is 5.82 Å². The second kappa shape index (κ2) is 6.43. The number of para-hydroxylation sites is 2. The van der Waals surface area contributed by atoms with Crippen LogP contribution in [-0.2, 0) is 6.42 Å². The third kappa shape index (κ3) is 4.58. The maximum Gasteiger partial charge on any atom is 0.242 e. The Kier molecular flexibility index (Phi) is 4.63. The highest BCUT2D eigenvalue weighted by molar-refractivity contribution is 6.70. The monoisotopic (exact) mass is 285 g/mol. The van der Waals surface area contributed by atoms with E-state index in [-0.39, 0.29) is 0 Å². The predicted molar refractivity (Wildman–Crippen MR) is 84.3 cm³/mol. The van der Waals surface area contributed by atoms with Crippen molar-refractivity contribution >= 4 is 20.2 Å². The minimum absolute atomic E-state index is 0.613. The highest BCUT2D eigenvalue weighted by Gasteiger charge is 2.17. The Balaban J connectivity index is 2.09. The van der Waals surface area contributed by atoms with Crippen molar-refractivity contribution in [2.24, 2.45) is 4.99 Å². The molecule has 0 saturated heterocycles. The normalized spacial score (nSPS) is 11.8. The largest absolute Gasteiger partial charge is 0.543 e. The Morgan fingerprint density at radius 1 is 1.10 bits per heavy atom. The second-order valence-corrected chi connectivity index (χ2v) is 9.79. The van der Waals surface area contributed by atoms with Gasteiger partial charge in [0, 0.05) is 25.0 Å². The maximum atomic E-state index is 6.03. The molecule has 5 heteroatoms. The standard InChI is InChI=1S/C15H19N3OSi/c1-20(2,3)19-14-8-5-4-7-13(14)16-12-9-15-17-10-6-11-18-15/h4-8,10-12H,9H2,1-3H3. The first kappa shape index (κ1) is 14.4. The first-order valence-electron chi connectivity index (χ1n) is 6.61. The van der Waals surface area contributed by atoms with E-state index in [0.29, 0.717) is 6.42 Å².